The zero-order chi connectivity index (χ0) is 20.9. The van der Waals surface area contributed by atoms with Gasteiger partial charge >= 0.3 is 0 Å². The third-order valence-corrected chi connectivity index (χ3v) is 7.16. The number of thioether (sulfide) groups is 1. The Kier molecular flexibility index (Phi) is 7.32. The van der Waals surface area contributed by atoms with Gasteiger partial charge in [0.25, 0.3) is 5.91 Å². The standard InChI is InChI=1S/C21H25FN2O3S2/c1-28-20-10-9-18(14-19(20)21(25)24-11-4-2-3-5-12-24)29(26,27)23-15-16-7-6-8-17(22)13-16/h6-10,13-14,23H,2-5,11-12,15H2,1H3. The Morgan fingerprint density at radius 1 is 1.10 bits per heavy atom. The molecule has 0 atom stereocenters. The zero-order valence-corrected chi connectivity index (χ0v) is 18.0. The highest BCUT2D eigenvalue weighted by Crippen LogP contribution is 2.26. The van der Waals surface area contributed by atoms with Gasteiger partial charge in [-0.05, 0) is 55.0 Å². The minimum atomic E-state index is -3.84. The third kappa shape index (κ3) is 5.58. The lowest BCUT2D eigenvalue weighted by Gasteiger charge is -2.22. The Hall–Kier alpha value is -1.90. The molecule has 2 aromatic rings. The van der Waals surface area contributed by atoms with Crippen molar-refractivity contribution in [2.75, 3.05) is 19.3 Å². The summed E-state index contributed by atoms with van der Waals surface area (Å²) in [6.07, 6.45) is 6.02. The maximum atomic E-state index is 13.3. The van der Waals surface area contributed by atoms with Gasteiger partial charge in [0.15, 0.2) is 0 Å². The number of nitrogens with zero attached hydrogens (tertiary/aromatic N) is 1. The fraction of sp³-hybridized carbons (Fsp3) is 0.381. The van der Waals surface area contributed by atoms with Crippen molar-refractivity contribution in [2.45, 2.75) is 42.0 Å². The van der Waals surface area contributed by atoms with Crippen LogP contribution in [0.1, 0.15) is 41.6 Å². The first kappa shape index (κ1) is 21.8. The average Bonchev–Trinajstić information content (AvgIpc) is 3.01. The van der Waals surface area contributed by atoms with Crippen molar-refractivity contribution in [3.8, 4) is 0 Å². The molecule has 156 valence electrons. The molecular formula is C21H25FN2O3S2. The number of nitrogens with one attached hydrogen (secondary N) is 1. The van der Waals surface area contributed by atoms with E-state index < -0.39 is 15.8 Å². The number of carbonyl (C=O) groups is 1. The first-order valence-electron chi connectivity index (χ1n) is 9.62. The monoisotopic (exact) mass is 436 g/mol. The van der Waals surface area contributed by atoms with Gasteiger partial charge in [-0.25, -0.2) is 17.5 Å². The van der Waals surface area contributed by atoms with Crippen molar-refractivity contribution < 1.29 is 17.6 Å². The van der Waals surface area contributed by atoms with Gasteiger partial charge in [0, 0.05) is 24.5 Å². The van der Waals surface area contributed by atoms with Gasteiger partial charge < -0.3 is 4.90 Å². The van der Waals surface area contributed by atoms with Crippen LogP contribution in [0.4, 0.5) is 4.39 Å². The van der Waals surface area contributed by atoms with Gasteiger partial charge in [0.05, 0.1) is 10.5 Å². The number of halogens is 1. The number of likely N-dealkylation sites (tertiary alicyclic amines) is 1. The number of amides is 1. The molecule has 1 saturated heterocycles. The minimum absolute atomic E-state index is 0.0280. The maximum Gasteiger partial charge on any atom is 0.255 e. The van der Waals surface area contributed by atoms with E-state index in [1.54, 1.807) is 12.1 Å². The molecule has 0 aliphatic carbocycles. The van der Waals surface area contributed by atoms with Gasteiger partial charge in [-0.15, -0.1) is 11.8 Å². The third-order valence-electron chi connectivity index (χ3n) is 4.96. The summed E-state index contributed by atoms with van der Waals surface area (Å²) in [4.78, 5) is 15.7. The molecule has 1 N–H and O–H groups in total. The second-order valence-corrected chi connectivity index (χ2v) is 9.64. The highest BCUT2D eigenvalue weighted by molar-refractivity contribution is 7.98. The number of hydrogen-bond acceptors (Lipinski definition) is 4. The Balaban J connectivity index is 1.83. The van der Waals surface area contributed by atoms with Crippen LogP contribution in [-0.4, -0.2) is 38.6 Å². The molecule has 3 rings (SSSR count). The SMILES string of the molecule is CSc1ccc(S(=O)(=O)NCc2cccc(F)c2)cc1C(=O)N1CCCCCC1. The lowest BCUT2D eigenvalue weighted by molar-refractivity contribution is 0.0758. The van der Waals surface area contributed by atoms with E-state index in [2.05, 4.69) is 4.72 Å². The van der Waals surface area contributed by atoms with E-state index >= 15 is 0 Å². The predicted molar refractivity (Wildman–Crippen MR) is 113 cm³/mol. The summed E-state index contributed by atoms with van der Waals surface area (Å²) in [5, 5.41) is 0. The summed E-state index contributed by atoms with van der Waals surface area (Å²) in [5.41, 5.74) is 0.934. The fourth-order valence-corrected chi connectivity index (χ4v) is 4.99. The van der Waals surface area contributed by atoms with Crippen LogP contribution in [0.2, 0.25) is 0 Å². The number of carbonyl (C=O) groups excluding carboxylic acids is 1. The Bertz CT molecular complexity index is 972. The zero-order valence-electron chi connectivity index (χ0n) is 16.4. The van der Waals surface area contributed by atoms with Crippen LogP contribution in [-0.2, 0) is 16.6 Å². The Morgan fingerprint density at radius 3 is 2.48 bits per heavy atom. The van der Waals surface area contributed by atoms with Gasteiger partial charge in [-0.3, -0.25) is 4.79 Å². The fourth-order valence-electron chi connectivity index (χ4n) is 3.37. The minimum Gasteiger partial charge on any atom is -0.339 e. The van der Waals surface area contributed by atoms with Gasteiger partial charge in [-0.2, -0.15) is 0 Å². The van der Waals surface area contributed by atoms with E-state index in [4.69, 9.17) is 0 Å². The number of rotatable bonds is 6. The van der Waals surface area contributed by atoms with E-state index in [0.29, 0.717) is 24.2 Å². The van der Waals surface area contributed by atoms with Crippen molar-refractivity contribution in [3.05, 3.63) is 59.4 Å². The van der Waals surface area contributed by atoms with E-state index in [1.807, 2.05) is 11.2 Å². The Labute approximate surface area is 175 Å². The number of benzene rings is 2. The first-order chi connectivity index (χ1) is 13.9. The molecule has 0 saturated carbocycles. The summed E-state index contributed by atoms with van der Waals surface area (Å²) in [6.45, 7) is 1.36. The smallest absolute Gasteiger partial charge is 0.255 e. The molecule has 0 aromatic heterocycles. The lowest BCUT2D eigenvalue weighted by Crippen LogP contribution is -2.32. The van der Waals surface area contributed by atoms with E-state index in [-0.39, 0.29) is 17.3 Å². The maximum absolute atomic E-state index is 13.3. The molecule has 29 heavy (non-hydrogen) atoms. The quantitative estimate of drug-likeness (QED) is 0.694. The van der Waals surface area contributed by atoms with Crippen LogP contribution in [0.5, 0.6) is 0 Å². The normalized spacial score (nSPS) is 15.2. The van der Waals surface area contributed by atoms with Crippen molar-refractivity contribution in [1.82, 2.24) is 9.62 Å². The molecule has 0 spiro atoms. The summed E-state index contributed by atoms with van der Waals surface area (Å²) < 4.78 is 41.3. The molecule has 0 unspecified atom stereocenters. The van der Waals surface area contributed by atoms with Crippen LogP contribution >= 0.6 is 11.8 Å². The molecule has 1 aliphatic heterocycles. The van der Waals surface area contributed by atoms with E-state index in [0.717, 1.165) is 30.6 Å². The van der Waals surface area contributed by atoms with Gasteiger partial charge in [-0.1, -0.05) is 25.0 Å². The number of hydrogen-bond donors (Lipinski definition) is 1. The van der Waals surface area contributed by atoms with E-state index in [1.165, 1.54) is 42.1 Å². The van der Waals surface area contributed by atoms with E-state index in [9.17, 15) is 17.6 Å². The average molecular weight is 437 g/mol. The number of sulfonamides is 1. The molecule has 5 nitrogen and oxygen atoms in total. The van der Waals surface area contributed by atoms with Crippen molar-refractivity contribution in [2.24, 2.45) is 0 Å². The van der Waals surface area contributed by atoms with Crippen LogP contribution in [0.25, 0.3) is 0 Å². The summed E-state index contributed by atoms with van der Waals surface area (Å²) in [7, 11) is -3.84. The molecular weight excluding hydrogens is 411 g/mol. The van der Waals surface area contributed by atoms with Gasteiger partial charge in [0.1, 0.15) is 5.82 Å². The molecule has 1 fully saturated rings. The molecule has 8 heteroatoms. The van der Waals surface area contributed by atoms with Crippen LogP contribution < -0.4 is 4.72 Å². The Morgan fingerprint density at radius 2 is 1.83 bits per heavy atom. The summed E-state index contributed by atoms with van der Waals surface area (Å²) in [5.74, 6) is -0.546. The molecule has 0 bridgehead atoms. The summed E-state index contributed by atoms with van der Waals surface area (Å²) in [6, 6.07) is 10.4. The van der Waals surface area contributed by atoms with Crippen molar-refractivity contribution >= 4 is 27.7 Å². The lowest BCUT2D eigenvalue weighted by atomic mass is 10.2. The molecule has 1 heterocycles. The van der Waals surface area contributed by atoms with Crippen molar-refractivity contribution in [1.29, 1.82) is 0 Å². The highest BCUT2D eigenvalue weighted by Gasteiger charge is 2.23. The second kappa shape index (κ2) is 9.73. The second-order valence-electron chi connectivity index (χ2n) is 7.02. The largest absolute Gasteiger partial charge is 0.339 e. The molecule has 1 amide bonds. The van der Waals surface area contributed by atoms with Crippen LogP contribution in [0.15, 0.2) is 52.3 Å². The summed E-state index contributed by atoms with van der Waals surface area (Å²) >= 11 is 1.42. The van der Waals surface area contributed by atoms with Gasteiger partial charge in [0.2, 0.25) is 10.0 Å². The van der Waals surface area contributed by atoms with Crippen LogP contribution in [0.3, 0.4) is 0 Å². The molecule has 1 aliphatic rings. The van der Waals surface area contributed by atoms with Crippen LogP contribution in [0, 0.1) is 5.82 Å². The first-order valence-corrected chi connectivity index (χ1v) is 12.3. The van der Waals surface area contributed by atoms with Crippen molar-refractivity contribution in [3.63, 3.8) is 0 Å². The highest BCUT2D eigenvalue weighted by atomic mass is 32.2. The predicted octanol–water partition coefficient (Wildman–Crippen LogP) is 4.04. The molecule has 2 aromatic carbocycles. The molecule has 0 radical (unpaired) electrons. The topological polar surface area (TPSA) is 66.5 Å².